The number of aromatic nitrogens is 1. The van der Waals surface area contributed by atoms with Crippen molar-refractivity contribution in [3.8, 4) is 5.69 Å². The number of nitrogens with one attached hydrogen (secondary N) is 2. The van der Waals surface area contributed by atoms with Crippen LogP contribution in [0.5, 0.6) is 0 Å². The van der Waals surface area contributed by atoms with Crippen LogP contribution in [0.2, 0.25) is 0 Å². The van der Waals surface area contributed by atoms with Crippen LogP contribution in [0.3, 0.4) is 0 Å². The van der Waals surface area contributed by atoms with Crippen LogP contribution in [0.1, 0.15) is 18.4 Å². The third-order valence-electron chi connectivity index (χ3n) is 3.48. The minimum Gasteiger partial charge on any atom is -0.324 e. The summed E-state index contributed by atoms with van der Waals surface area (Å²) in [7, 11) is 0. The van der Waals surface area contributed by atoms with Crippen molar-refractivity contribution in [2.45, 2.75) is 19.3 Å². The fraction of sp³-hybridized carbons (Fsp3) is 0.250. The molecule has 0 saturated heterocycles. The number of carbonyl (C=O) groups is 2. The van der Waals surface area contributed by atoms with Crippen LogP contribution < -0.4 is 10.9 Å². The Hall–Kier alpha value is -2.56. The minimum absolute atomic E-state index is 0.0890. The summed E-state index contributed by atoms with van der Waals surface area (Å²) in [5, 5.41) is 0. The smallest absolute Gasteiger partial charge is 0.242 e. The largest absolute Gasteiger partial charge is 0.324 e. The highest BCUT2D eigenvalue weighted by Gasteiger charge is 2.29. The fourth-order valence-electron chi connectivity index (χ4n) is 2.10. The number of hydrazine groups is 1. The summed E-state index contributed by atoms with van der Waals surface area (Å²) >= 11 is 0. The Labute approximate surface area is 122 Å². The molecule has 1 fully saturated rings. The van der Waals surface area contributed by atoms with Crippen LogP contribution in [0, 0.1) is 5.92 Å². The monoisotopic (exact) mass is 283 g/mol. The van der Waals surface area contributed by atoms with E-state index < -0.39 is 0 Å². The predicted molar refractivity (Wildman–Crippen MR) is 78.5 cm³/mol. The van der Waals surface area contributed by atoms with Crippen molar-refractivity contribution in [2.75, 3.05) is 0 Å². The Kier molecular flexibility index (Phi) is 3.73. The van der Waals surface area contributed by atoms with Crippen LogP contribution in [-0.4, -0.2) is 16.4 Å². The average Bonchev–Trinajstić information content (AvgIpc) is 3.21. The van der Waals surface area contributed by atoms with E-state index in [-0.39, 0.29) is 24.2 Å². The van der Waals surface area contributed by atoms with Crippen molar-refractivity contribution >= 4 is 11.8 Å². The van der Waals surface area contributed by atoms with Crippen LogP contribution in [0.25, 0.3) is 5.69 Å². The van der Waals surface area contributed by atoms with Crippen LogP contribution >= 0.6 is 0 Å². The standard InChI is InChI=1S/C16H17N3O2/c20-15(17-18-16(21)13-5-6-13)11-12-3-7-14(8-4-12)19-9-1-2-10-19/h1-4,7-10,13H,5-6,11H2,(H,17,20)(H,18,21). The number of hydrogen-bond acceptors (Lipinski definition) is 2. The van der Waals surface area contributed by atoms with E-state index in [4.69, 9.17) is 0 Å². The first-order valence-electron chi connectivity index (χ1n) is 7.03. The van der Waals surface area contributed by atoms with Crippen molar-refractivity contribution in [2.24, 2.45) is 5.92 Å². The Morgan fingerprint density at radius 2 is 1.71 bits per heavy atom. The topological polar surface area (TPSA) is 63.1 Å². The number of amides is 2. The first-order valence-corrected chi connectivity index (χ1v) is 7.03. The highest BCUT2D eigenvalue weighted by molar-refractivity contribution is 5.85. The summed E-state index contributed by atoms with van der Waals surface area (Å²) in [6, 6.07) is 11.7. The van der Waals surface area contributed by atoms with E-state index in [0.717, 1.165) is 24.1 Å². The van der Waals surface area contributed by atoms with Crippen molar-refractivity contribution in [1.82, 2.24) is 15.4 Å². The van der Waals surface area contributed by atoms with Gasteiger partial charge in [0.1, 0.15) is 0 Å². The molecule has 0 unspecified atom stereocenters. The molecule has 0 atom stereocenters. The Balaban J connectivity index is 1.52. The van der Waals surface area contributed by atoms with E-state index in [2.05, 4.69) is 10.9 Å². The normalized spacial score (nSPS) is 13.7. The summed E-state index contributed by atoms with van der Waals surface area (Å²) in [6.07, 6.45) is 6.02. The van der Waals surface area contributed by atoms with Gasteiger partial charge in [-0.15, -0.1) is 0 Å². The molecule has 2 N–H and O–H groups in total. The third-order valence-corrected chi connectivity index (χ3v) is 3.48. The lowest BCUT2D eigenvalue weighted by molar-refractivity contribution is -0.129. The second kappa shape index (κ2) is 5.83. The average molecular weight is 283 g/mol. The molecule has 2 aromatic rings. The van der Waals surface area contributed by atoms with Crippen LogP contribution in [0.15, 0.2) is 48.8 Å². The molecule has 0 spiro atoms. The Morgan fingerprint density at radius 1 is 1.05 bits per heavy atom. The predicted octanol–water partition coefficient (Wildman–Crippen LogP) is 1.58. The first kappa shape index (κ1) is 13.4. The maximum Gasteiger partial charge on any atom is 0.242 e. The minimum atomic E-state index is -0.210. The molecule has 1 heterocycles. The van der Waals surface area contributed by atoms with Crippen molar-refractivity contribution < 1.29 is 9.59 Å². The van der Waals surface area contributed by atoms with Gasteiger partial charge in [0, 0.05) is 24.0 Å². The zero-order chi connectivity index (χ0) is 14.7. The van der Waals surface area contributed by atoms with E-state index in [1.165, 1.54) is 0 Å². The molecular weight excluding hydrogens is 266 g/mol. The zero-order valence-corrected chi connectivity index (χ0v) is 11.6. The lowest BCUT2D eigenvalue weighted by Crippen LogP contribution is -2.43. The van der Waals surface area contributed by atoms with Crippen LogP contribution in [0.4, 0.5) is 0 Å². The SMILES string of the molecule is O=C(Cc1ccc(-n2cccc2)cc1)NNC(=O)C1CC1. The lowest BCUT2D eigenvalue weighted by Gasteiger charge is -2.08. The molecule has 1 aromatic carbocycles. The first-order chi connectivity index (χ1) is 10.2. The van der Waals surface area contributed by atoms with Gasteiger partial charge in [0.25, 0.3) is 0 Å². The van der Waals surface area contributed by atoms with Gasteiger partial charge < -0.3 is 4.57 Å². The zero-order valence-electron chi connectivity index (χ0n) is 11.6. The van der Waals surface area contributed by atoms with E-state index in [9.17, 15) is 9.59 Å². The lowest BCUT2D eigenvalue weighted by atomic mass is 10.1. The molecule has 5 heteroatoms. The van der Waals surface area contributed by atoms with Gasteiger partial charge in [-0.2, -0.15) is 0 Å². The van der Waals surface area contributed by atoms with Crippen molar-refractivity contribution in [3.63, 3.8) is 0 Å². The van der Waals surface area contributed by atoms with Gasteiger partial charge in [0.05, 0.1) is 6.42 Å². The Bertz CT molecular complexity index is 628. The number of benzene rings is 1. The number of hydrogen-bond donors (Lipinski definition) is 2. The molecule has 3 rings (SSSR count). The fourth-order valence-corrected chi connectivity index (χ4v) is 2.10. The van der Waals surface area contributed by atoms with Gasteiger partial charge in [-0.3, -0.25) is 20.4 Å². The molecule has 1 aliphatic carbocycles. The summed E-state index contributed by atoms with van der Waals surface area (Å²) in [6.45, 7) is 0. The third kappa shape index (κ3) is 3.51. The molecule has 1 aliphatic rings. The molecule has 108 valence electrons. The second-order valence-electron chi connectivity index (χ2n) is 5.25. The van der Waals surface area contributed by atoms with E-state index in [1.807, 2.05) is 53.4 Å². The molecule has 0 radical (unpaired) electrons. The highest BCUT2D eigenvalue weighted by Crippen LogP contribution is 2.28. The molecule has 1 saturated carbocycles. The number of carbonyl (C=O) groups excluding carboxylic acids is 2. The summed E-state index contributed by atoms with van der Waals surface area (Å²) in [5.74, 6) is -0.213. The highest BCUT2D eigenvalue weighted by atomic mass is 16.2. The summed E-state index contributed by atoms with van der Waals surface area (Å²) in [5.41, 5.74) is 6.86. The van der Waals surface area contributed by atoms with Gasteiger partial charge in [-0.25, -0.2) is 0 Å². The van der Waals surface area contributed by atoms with Gasteiger partial charge in [-0.1, -0.05) is 12.1 Å². The molecule has 21 heavy (non-hydrogen) atoms. The number of nitrogens with zero attached hydrogens (tertiary/aromatic N) is 1. The molecular formula is C16H17N3O2. The van der Waals surface area contributed by atoms with Gasteiger partial charge in [0.15, 0.2) is 0 Å². The second-order valence-corrected chi connectivity index (χ2v) is 5.25. The molecule has 0 bridgehead atoms. The van der Waals surface area contributed by atoms with Crippen molar-refractivity contribution in [3.05, 3.63) is 54.4 Å². The molecule has 2 amide bonds. The molecule has 5 nitrogen and oxygen atoms in total. The molecule has 1 aromatic heterocycles. The summed E-state index contributed by atoms with van der Waals surface area (Å²) in [4.78, 5) is 23.2. The molecule has 0 aliphatic heterocycles. The van der Waals surface area contributed by atoms with Crippen molar-refractivity contribution in [1.29, 1.82) is 0 Å². The quantitative estimate of drug-likeness (QED) is 0.837. The van der Waals surface area contributed by atoms with Gasteiger partial charge in [-0.05, 0) is 42.7 Å². The van der Waals surface area contributed by atoms with Gasteiger partial charge in [0.2, 0.25) is 11.8 Å². The van der Waals surface area contributed by atoms with Gasteiger partial charge >= 0.3 is 0 Å². The summed E-state index contributed by atoms with van der Waals surface area (Å²) < 4.78 is 2.00. The van der Waals surface area contributed by atoms with E-state index >= 15 is 0 Å². The van der Waals surface area contributed by atoms with E-state index in [0.29, 0.717) is 0 Å². The Morgan fingerprint density at radius 3 is 2.33 bits per heavy atom. The maximum atomic E-state index is 11.7. The maximum absolute atomic E-state index is 11.7. The van der Waals surface area contributed by atoms with E-state index in [1.54, 1.807) is 0 Å². The van der Waals surface area contributed by atoms with Crippen LogP contribution in [-0.2, 0) is 16.0 Å². The number of rotatable bonds is 4.